The second-order valence-electron chi connectivity index (χ2n) is 4.94. The number of pyridine rings is 1. The Labute approximate surface area is 121 Å². The Morgan fingerprint density at radius 2 is 2.30 bits per heavy atom. The lowest BCUT2D eigenvalue weighted by atomic mass is 10.2. The van der Waals surface area contributed by atoms with Crippen LogP contribution in [0.3, 0.4) is 0 Å². The average Bonchev–Trinajstić information content (AvgIpc) is 2.72. The molecule has 0 aliphatic carbocycles. The molecule has 0 amide bonds. The molecule has 0 radical (unpaired) electrons. The summed E-state index contributed by atoms with van der Waals surface area (Å²) in [5.41, 5.74) is 1.44. The van der Waals surface area contributed by atoms with Gasteiger partial charge in [-0.15, -0.1) is 0 Å². The highest BCUT2D eigenvalue weighted by Gasteiger charge is 2.28. The quantitative estimate of drug-likeness (QED) is 0.856. The fourth-order valence-electron chi connectivity index (χ4n) is 2.64. The Kier molecular flexibility index (Phi) is 3.29. The Balaban J connectivity index is 2.15. The molecule has 1 fully saturated rings. The number of imidazole rings is 1. The van der Waals surface area contributed by atoms with E-state index in [1.54, 1.807) is 13.2 Å². The number of nitrogens with zero attached hydrogens (tertiary/aromatic N) is 2. The van der Waals surface area contributed by atoms with Crippen molar-refractivity contribution in [3.8, 4) is 5.88 Å². The number of fused-ring (bicyclic) bond motifs is 1. The summed E-state index contributed by atoms with van der Waals surface area (Å²) < 4.78 is 31.1. The second kappa shape index (κ2) is 4.85. The van der Waals surface area contributed by atoms with Gasteiger partial charge in [0.1, 0.15) is 0 Å². The highest BCUT2D eigenvalue weighted by atomic mass is 32.2. The van der Waals surface area contributed by atoms with Crippen molar-refractivity contribution in [2.45, 2.75) is 18.9 Å². The van der Waals surface area contributed by atoms with Crippen LogP contribution in [0.5, 0.6) is 5.88 Å². The molecule has 3 heterocycles. The predicted octanol–water partition coefficient (Wildman–Crippen LogP) is 1.85. The van der Waals surface area contributed by atoms with Crippen molar-refractivity contribution in [2.24, 2.45) is 0 Å². The number of hydrogen-bond donors (Lipinski definition) is 1. The van der Waals surface area contributed by atoms with Crippen molar-refractivity contribution in [1.29, 1.82) is 0 Å². The van der Waals surface area contributed by atoms with E-state index in [2.05, 4.69) is 9.97 Å². The highest BCUT2D eigenvalue weighted by Crippen LogP contribution is 2.27. The van der Waals surface area contributed by atoms with E-state index in [0.29, 0.717) is 22.7 Å². The van der Waals surface area contributed by atoms with Crippen molar-refractivity contribution in [3.63, 3.8) is 0 Å². The normalized spacial score (nSPS) is 21.9. The lowest BCUT2D eigenvalue weighted by Crippen LogP contribution is -2.27. The van der Waals surface area contributed by atoms with E-state index in [-0.39, 0.29) is 17.5 Å². The molecule has 0 saturated carbocycles. The molecule has 3 rings (SSSR count). The third kappa shape index (κ3) is 2.33. The summed E-state index contributed by atoms with van der Waals surface area (Å²) in [4.78, 5) is 7.45. The van der Waals surface area contributed by atoms with Gasteiger partial charge in [0.15, 0.2) is 20.3 Å². The van der Waals surface area contributed by atoms with Gasteiger partial charge in [-0.2, -0.15) is 4.98 Å². The van der Waals surface area contributed by atoms with Gasteiger partial charge >= 0.3 is 0 Å². The molecule has 1 aliphatic rings. The Hall–Kier alpha value is -1.41. The molecule has 1 saturated heterocycles. The van der Waals surface area contributed by atoms with E-state index in [9.17, 15) is 8.42 Å². The van der Waals surface area contributed by atoms with Gasteiger partial charge in [-0.1, -0.05) is 0 Å². The third-order valence-corrected chi connectivity index (χ3v) is 5.65. The zero-order valence-electron chi connectivity index (χ0n) is 11.0. The van der Waals surface area contributed by atoms with Crippen molar-refractivity contribution in [2.75, 3.05) is 18.6 Å². The molecule has 6 nitrogen and oxygen atoms in total. The molecule has 2 aromatic rings. The average molecular weight is 313 g/mol. The topological polar surface area (TPSA) is 77.0 Å². The number of aromatic nitrogens is 3. The van der Waals surface area contributed by atoms with Gasteiger partial charge in [0.25, 0.3) is 0 Å². The monoisotopic (exact) mass is 313 g/mol. The van der Waals surface area contributed by atoms with Crippen molar-refractivity contribution < 1.29 is 13.2 Å². The molecule has 1 atom stereocenters. The van der Waals surface area contributed by atoms with Crippen LogP contribution in [0.2, 0.25) is 0 Å². The Morgan fingerprint density at radius 3 is 3.00 bits per heavy atom. The first-order chi connectivity index (χ1) is 9.50. The van der Waals surface area contributed by atoms with Crippen LogP contribution < -0.4 is 4.74 Å². The van der Waals surface area contributed by atoms with Crippen molar-refractivity contribution in [1.82, 2.24) is 14.5 Å². The van der Waals surface area contributed by atoms with Crippen LogP contribution in [0, 0.1) is 4.77 Å². The molecule has 1 aliphatic heterocycles. The van der Waals surface area contributed by atoms with Gasteiger partial charge < -0.3 is 9.72 Å². The maximum absolute atomic E-state index is 11.8. The second-order valence-corrected chi connectivity index (χ2v) is 7.55. The summed E-state index contributed by atoms with van der Waals surface area (Å²) in [6.45, 7) is 0. The predicted molar refractivity (Wildman–Crippen MR) is 78.4 cm³/mol. The van der Waals surface area contributed by atoms with Crippen LogP contribution >= 0.6 is 12.2 Å². The highest BCUT2D eigenvalue weighted by molar-refractivity contribution is 7.91. The lowest BCUT2D eigenvalue weighted by Gasteiger charge is -2.23. The molecule has 108 valence electrons. The van der Waals surface area contributed by atoms with E-state index in [1.807, 2.05) is 10.6 Å². The molecule has 0 bridgehead atoms. The van der Waals surface area contributed by atoms with E-state index in [4.69, 9.17) is 17.0 Å². The standard InChI is InChI=1S/C12H15N3O3S2/c1-18-10-5-4-9-11(14-10)15(12(19)13-9)8-3-2-6-20(16,17)7-8/h4-5,8H,2-3,6-7H2,1H3,(H,13,19). The number of hydrogen-bond acceptors (Lipinski definition) is 5. The van der Waals surface area contributed by atoms with Crippen molar-refractivity contribution >= 4 is 33.2 Å². The number of sulfone groups is 1. The van der Waals surface area contributed by atoms with Crippen LogP contribution in [0.1, 0.15) is 18.9 Å². The molecule has 2 aromatic heterocycles. The van der Waals surface area contributed by atoms with Gasteiger partial charge in [0, 0.05) is 6.07 Å². The Morgan fingerprint density at radius 1 is 1.50 bits per heavy atom. The summed E-state index contributed by atoms with van der Waals surface area (Å²) in [6.07, 6.45) is 1.45. The number of methoxy groups -OCH3 is 1. The van der Waals surface area contributed by atoms with Crippen LogP contribution in [0.25, 0.3) is 11.2 Å². The van der Waals surface area contributed by atoms with Gasteiger partial charge in [-0.05, 0) is 31.1 Å². The number of ether oxygens (including phenoxy) is 1. The van der Waals surface area contributed by atoms with Gasteiger partial charge in [0.2, 0.25) is 5.88 Å². The first-order valence-corrected chi connectivity index (χ1v) is 8.59. The minimum Gasteiger partial charge on any atom is -0.481 e. The number of H-pyrrole nitrogens is 1. The van der Waals surface area contributed by atoms with Gasteiger partial charge in [-0.25, -0.2) is 8.42 Å². The SMILES string of the molecule is COc1ccc2[nH]c(=S)n(C3CCCS(=O)(=O)C3)c2n1. The summed E-state index contributed by atoms with van der Waals surface area (Å²) in [6, 6.07) is 3.43. The number of nitrogens with one attached hydrogen (secondary N) is 1. The van der Waals surface area contributed by atoms with Crippen LogP contribution in [-0.4, -0.2) is 41.6 Å². The minimum atomic E-state index is -3.00. The lowest BCUT2D eigenvalue weighted by molar-refractivity contribution is 0.398. The maximum atomic E-state index is 11.8. The molecule has 0 aromatic carbocycles. The maximum Gasteiger partial charge on any atom is 0.215 e. The van der Waals surface area contributed by atoms with Gasteiger partial charge in [0.05, 0.1) is 30.2 Å². The zero-order chi connectivity index (χ0) is 14.3. The van der Waals surface area contributed by atoms with E-state index >= 15 is 0 Å². The summed E-state index contributed by atoms with van der Waals surface area (Å²) in [5, 5.41) is 0. The number of rotatable bonds is 2. The fourth-order valence-corrected chi connectivity index (χ4v) is 4.66. The van der Waals surface area contributed by atoms with Gasteiger partial charge in [-0.3, -0.25) is 4.57 Å². The largest absolute Gasteiger partial charge is 0.481 e. The fraction of sp³-hybridized carbons (Fsp3) is 0.500. The molecule has 1 N–H and O–H groups in total. The molecular formula is C12H15N3O3S2. The summed E-state index contributed by atoms with van der Waals surface area (Å²) in [5.74, 6) is 0.863. The molecule has 20 heavy (non-hydrogen) atoms. The van der Waals surface area contributed by atoms with Crippen LogP contribution in [0.15, 0.2) is 12.1 Å². The molecular weight excluding hydrogens is 298 g/mol. The van der Waals surface area contributed by atoms with E-state index in [0.717, 1.165) is 11.9 Å². The first-order valence-electron chi connectivity index (χ1n) is 6.36. The van der Waals surface area contributed by atoms with Crippen molar-refractivity contribution in [3.05, 3.63) is 16.9 Å². The smallest absolute Gasteiger partial charge is 0.215 e. The Bertz CT molecular complexity index is 807. The summed E-state index contributed by atoms with van der Waals surface area (Å²) in [7, 11) is -1.45. The van der Waals surface area contributed by atoms with E-state index in [1.165, 1.54) is 0 Å². The van der Waals surface area contributed by atoms with Crippen LogP contribution in [0.4, 0.5) is 0 Å². The molecule has 8 heteroatoms. The minimum absolute atomic E-state index is 0.118. The molecule has 1 unspecified atom stereocenters. The third-order valence-electron chi connectivity index (χ3n) is 3.55. The first kappa shape index (κ1) is 13.6. The zero-order valence-corrected chi connectivity index (χ0v) is 12.6. The van der Waals surface area contributed by atoms with E-state index < -0.39 is 9.84 Å². The van der Waals surface area contributed by atoms with Crippen LogP contribution in [-0.2, 0) is 9.84 Å². The summed E-state index contributed by atoms with van der Waals surface area (Å²) >= 11 is 5.32. The number of aromatic amines is 1. The molecule has 0 spiro atoms.